The second-order valence-corrected chi connectivity index (χ2v) is 15.8. The van der Waals surface area contributed by atoms with Crippen LogP contribution in [0.5, 0.6) is 5.88 Å². The number of anilines is 1. The molecule has 2 aliphatic rings. The lowest BCUT2D eigenvalue weighted by molar-refractivity contribution is -0.123. The lowest BCUT2D eigenvalue weighted by Gasteiger charge is -2.26. The Balaban J connectivity index is 1.42. The van der Waals surface area contributed by atoms with Gasteiger partial charge < -0.3 is 20.1 Å². The number of hydrogen-bond donors (Lipinski definition) is 4. The number of carbonyl (C=O) groups excluding carboxylic acids is 1. The molecule has 0 spiro atoms. The first-order chi connectivity index (χ1) is 29.1. The molecule has 3 aromatic heterocycles. The minimum Gasteiger partial charge on any atom is -0.481 e. The van der Waals surface area contributed by atoms with Crippen LogP contribution in [0.15, 0.2) is 53.5 Å². The fourth-order valence-electron chi connectivity index (χ4n) is 6.99. The molecule has 5 aromatic rings. The van der Waals surface area contributed by atoms with Crippen molar-refractivity contribution in [3.8, 4) is 23.1 Å². The number of alkyl halides is 5. The smallest absolute Gasteiger partial charge is 0.292 e. The number of nitrogens with one attached hydrogen (secondary N) is 4. The van der Waals surface area contributed by atoms with Crippen LogP contribution in [0.1, 0.15) is 66.1 Å². The summed E-state index contributed by atoms with van der Waals surface area (Å²) in [6.45, 7) is -1.07. The van der Waals surface area contributed by atoms with Gasteiger partial charge in [-0.05, 0) is 61.0 Å². The first kappa shape index (κ1) is 43.4. The van der Waals surface area contributed by atoms with Gasteiger partial charge >= 0.3 is 0 Å². The molecule has 0 saturated heterocycles. The van der Waals surface area contributed by atoms with Crippen molar-refractivity contribution in [2.75, 3.05) is 25.6 Å². The maximum Gasteiger partial charge on any atom is 0.292 e. The van der Waals surface area contributed by atoms with Crippen molar-refractivity contribution < 1.29 is 40.3 Å². The molecule has 7 rings (SSSR count). The van der Waals surface area contributed by atoms with Crippen molar-refractivity contribution in [2.45, 2.75) is 62.8 Å². The summed E-state index contributed by atoms with van der Waals surface area (Å²) in [5, 5.41) is 18.3. The van der Waals surface area contributed by atoms with Crippen LogP contribution in [-0.2, 0) is 30.1 Å². The van der Waals surface area contributed by atoms with E-state index < -0.39 is 84.9 Å². The van der Waals surface area contributed by atoms with Gasteiger partial charge in [-0.1, -0.05) is 18.5 Å². The van der Waals surface area contributed by atoms with E-state index in [0.717, 1.165) is 35.6 Å². The summed E-state index contributed by atoms with van der Waals surface area (Å²) in [4.78, 5) is 41.8. The van der Waals surface area contributed by atoms with E-state index in [1.54, 1.807) is 0 Å². The van der Waals surface area contributed by atoms with E-state index in [9.17, 15) is 31.5 Å². The number of ether oxygens (including phenoxy) is 1. The molecule has 1 amide bonds. The van der Waals surface area contributed by atoms with Crippen LogP contribution in [0.4, 0.5) is 36.4 Å². The van der Waals surface area contributed by atoms with Crippen LogP contribution in [0, 0.1) is 23.0 Å². The van der Waals surface area contributed by atoms with E-state index in [-0.39, 0.29) is 73.9 Å². The third kappa shape index (κ3) is 9.17. The zero-order valence-electron chi connectivity index (χ0n) is 32.2. The number of amides is 1. The van der Waals surface area contributed by atoms with Gasteiger partial charge in [-0.2, -0.15) is 18.9 Å². The zero-order chi connectivity index (χ0) is 43.7. The fourth-order valence-corrected chi connectivity index (χ4v) is 8.00. The van der Waals surface area contributed by atoms with Crippen LogP contribution in [-0.4, -0.2) is 66.6 Å². The molecule has 2 aromatic carbocycles. The number of amidine groups is 1. The van der Waals surface area contributed by atoms with Gasteiger partial charge in [0.1, 0.15) is 53.6 Å². The highest BCUT2D eigenvalue weighted by Gasteiger charge is 2.51. The molecule has 2 unspecified atom stereocenters. The Labute approximate surface area is 352 Å². The standard InChI is InChI=1S/C39H36ClF7N10O3S/c1-18-11-23-32(35(44)45)54-56(34(23)39(18,46)47)17-28(58)51-26(14-19-12-20(42)15-21(43)13-19)38-52-25(37-50-9-7-29(53-37)60-2)16-30(59)57(38)27-6-5-24(40)31(33(27)49-10-8-41)36(48)55-61-22-3-4-22/h5-7,9,12-13,15-16,18,22,26,35,49H,3-4,8,10-11,14,17H2,1-2H3,(H2,48,55)(H,51,58). The Hall–Kier alpha value is -5.70. The lowest BCUT2D eigenvalue weighted by Crippen LogP contribution is -2.38. The molecule has 1 saturated carbocycles. The molecule has 2 atom stereocenters. The van der Waals surface area contributed by atoms with Gasteiger partial charge in [0, 0.05) is 54.1 Å². The van der Waals surface area contributed by atoms with E-state index in [1.165, 1.54) is 50.4 Å². The topological polar surface area (TPSA) is 165 Å². The van der Waals surface area contributed by atoms with Crippen molar-refractivity contribution in [3.63, 3.8) is 0 Å². The van der Waals surface area contributed by atoms with E-state index in [0.29, 0.717) is 10.7 Å². The Morgan fingerprint density at radius 1 is 1.11 bits per heavy atom. The molecule has 322 valence electrons. The number of carbonyl (C=O) groups is 1. The SMILES string of the molecule is COc1ccnc(-c2cc(=O)n(-c3ccc(Cl)c(C(=N)NSC4CC4)c3NCCF)c(C(Cc3cc(F)cc(F)c3)NC(=O)Cn3nc(C(F)F)c4c3C(F)(F)C(C)C4)n2)n1. The number of aromatic nitrogens is 6. The number of nitrogens with zero attached hydrogens (tertiary/aromatic N) is 6. The lowest BCUT2D eigenvalue weighted by atomic mass is 10.0. The highest BCUT2D eigenvalue weighted by molar-refractivity contribution is 7.98. The van der Waals surface area contributed by atoms with Crippen LogP contribution in [0.2, 0.25) is 5.02 Å². The number of methoxy groups -OCH3 is 1. The summed E-state index contributed by atoms with van der Waals surface area (Å²) in [7, 11) is 1.34. The Morgan fingerprint density at radius 2 is 1.85 bits per heavy atom. The van der Waals surface area contributed by atoms with Crippen molar-refractivity contribution in [2.24, 2.45) is 5.92 Å². The first-order valence-electron chi connectivity index (χ1n) is 18.7. The summed E-state index contributed by atoms with van der Waals surface area (Å²) < 4.78 is 112. The summed E-state index contributed by atoms with van der Waals surface area (Å²) >= 11 is 7.93. The second-order valence-electron chi connectivity index (χ2n) is 14.3. The molecule has 3 heterocycles. The van der Waals surface area contributed by atoms with Gasteiger partial charge in [-0.3, -0.25) is 24.2 Å². The van der Waals surface area contributed by atoms with Gasteiger partial charge in [0.05, 0.1) is 35.1 Å². The van der Waals surface area contributed by atoms with Gasteiger partial charge in [0.2, 0.25) is 11.8 Å². The van der Waals surface area contributed by atoms with Gasteiger partial charge in [0.25, 0.3) is 17.9 Å². The minimum atomic E-state index is -3.63. The van der Waals surface area contributed by atoms with Gasteiger partial charge in [-0.15, -0.1) is 0 Å². The predicted octanol–water partition coefficient (Wildman–Crippen LogP) is 7.25. The van der Waals surface area contributed by atoms with E-state index in [2.05, 4.69) is 30.4 Å². The van der Waals surface area contributed by atoms with Gasteiger partial charge in [0.15, 0.2) is 5.82 Å². The number of rotatable bonds is 16. The normalized spacial score (nSPS) is 16.0. The van der Waals surface area contributed by atoms with E-state index in [4.69, 9.17) is 26.7 Å². The van der Waals surface area contributed by atoms with Crippen LogP contribution < -0.4 is 25.7 Å². The Morgan fingerprint density at radius 3 is 2.52 bits per heavy atom. The number of benzene rings is 2. The average molecular weight is 893 g/mol. The molecule has 22 heteroatoms. The first-order valence-corrected chi connectivity index (χ1v) is 20.0. The Kier molecular flexibility index (Phi) is 12.6. The molecule has 4 N–H and O–H groups in total. The molecule has 13 nitrogen and oxygen atoms in total. The van der Waals surface area contributed by atoms with Crippen molar-refractivity contribution in [1.82, 2.24) is 39.3 Å². The molecule has 61 heavy (non-hydrogen) atoms. The molecule has 2 aliphatic carbocycles. The van der Waals surface area contributed by atoms with Crippen molar-refractivity contribution in [3.05, 3.63) is 110 Å². The summed E-state index contributed by atoms with van der Waals surface area (Å²) in [5.41, 5.74) is -3.28. The number of halogens is 8. The predicted molar refractivity (Wildman–Crippen MR) is 212 cm³/mol. The average Bonchev–Trinajstić information content (AvgIpc) is 3.92. The highest BCUT2D eigenvalue weighted by Crippen LogP contribution is 2.48. The molecule has 0 bridgehead atoms. The fraction of sp³-hybridized carbons (Fsp3) is 0.359. The van der Waals surface area contributed by atoms with Crippen LogP contribution in [0.25, 0.3) is 17.2 Å². The summed E-state index contributed by atoms with van der Waals surface area (Å²) in [6, 6.07) is 6.13. The largest absolute Gasteiger partial charge is 0.481 e. The minimum absolute atomic E-state index is 0.0144. The summed E-state index contributed by atoms with van der Waals surface area (Å²) in [5.74, 6) is -8.71. The molecule has 0 radical (unpaired) electrons. The monoisotopic (exact) mass is 892 g/mol. The molecule has 1 fully saturated rings. The Bertz CT molecular complexity index is 2540. The maximum atomic E-state index is 15.5. The number of hydrogen-bond acceptors (Lipinski definition) is 10. The van der Waals surface area contributed by atoms with Crippen LogP contribution in [0.3, 0.4) is 0 Å². The molecular formula is C39H36ClF7N10O3S. The van der Waals surface area contributed by atoms with Crippen molar-refractivity contribution >= 4 is 41.0 Å². The maximum absolute atomic E-state index is 15.5. The number of fused-ring (bicyclic) bond motifs is 1. The molecular weight excluding hydrogens is 857 g/mol. The third-order valence-corrected chi connectivity index (χ3v) is 11.4. The quantitative estimate of drug-likeness (QED) is 0.0343. The zero-order valence-corrected chi connectivity index (χ0v) is 33.8. The second kappa shape index (κ2) is 17.7. The third-order valence-electron chi connectivity index (χ3n) is 9.92. The highest BCUT2D eigenvalue weighted by atomic mass is 35.5. The summed E-state index contributed by atoms with van der Waals surface area (Å²) in [6.07, 6.45) is -1.01. The molecule has 0 aliphatic heterocycles. The van der Waals surface area contributed by atoms with E-state index in [1.807, 2.05) is 0 Å². The van der Waals surface area contributed by atoms with Crippen LogP contribution >= 0.6 is 23.5 Å². The van der Waals surface area contributed by atoms with E-state index >= 15 is 8.78 Å². The van der Waals surface area contributed by atoms with Gasteiger partial charge in [-0.25, -0.2) is 31.9 Å². The van der Waals surface area contributed by atoms with Crippen molar-refractivity contribution in [1.29, 1.82) is 5.41 Å².